The first-order valence-corrected chi connectivity index (χ1v) is 15.8. The van der Waals surface area contributed by atoms with E-state index < -0.39 is 13.0 Å². The van der Waals surface area contributed by atoms with Crippen LogP contribution in [-0.4, -0.2) is 40.0 Å². The van der Waals surface area contributed by atoms with Gasteiger partial charge in [0.15, 0.2) is 0 Å². The summed E-state index contributed by atoms with van der Waals surface area (Å²) in [4.78, 5) is 31.7. The second kappa shape index (κ2) is 11.0. The van der Waals surface area contributed by atoms with E-state index in [2.05, 4.69) is 45.6 Å². The number of aromatic nitrogens is 3. The molecule has 192 valence electrons. The van der Waals surface area contributed by atoms with E-state index in [0.29, 0.717) is 24.6 Å². The molecule has 0 aliphatic carbocycles. The van der Waals surface area contributed by atoms with Gasteiger partial charge in [0.25, 0.3) is 5.69 Å². The van der Waals surface area contributed by atoms with Crippen LogP contribution in [0.1, 0.15) is 11.3 Å². The molecule has 0 spiro atoms. The number of nitro benzene ring substituents is 1. The molecular weight excluding hydrogens is 486 g/mol. The highest BCUT2D eigenvalue weighted by molar-refractivity contribution is 6.76. The van der Waals surface area contributed by atoms with Gasteiger partial charge in [-0.25, -0.2) is 9.97 Å². The number of nitrogens with one attached hydrogen (secondary N) is 1. The van der Waals surface area contributed by atoms with Crippen molar-refractivity contribution in [1.82, 2.24) is 14.5 Å². The normalized spacial score (nSPS) is 11.6. The van der Waals surface area contributed by atoms with Gasteiger partial charge in [0.1, 0.15) is 18.7 Å². The third-order valence-corrected chi connectivity index (χ3v) is 7.79. The number of carbonyl (C=O) groups is 1. The predicted molar refractivity (Wildman–Crippen MR) is 147 cm³/mol. The fraction of sp³-hybridized carbons (Fsp3) is 0.296. The highest BCUT2D eigenvalue weighted by Crippen LogP contribution is 2.29. The molecule has 0 aliphatic rings. The average molecular weight is 518 g/mol. The lowest BCUT2D eigenvalue weighted by molar-refractivity contribution is -0.384. The Hall–Kier alpha value is -3.89. The Kier molecular flexibility index (Phi) is 7.79. The van der Waals surface area contributed by atoms with Crippen LogP contribution in [0.3, 0.4) is 0 Å². The van der Waals surface area contributed by atoms with E-state index in [1.807, 2.05) is 31.2 Å². The zero-order valence-electron chi connectivity index (χ0n) is 21.5. The molecular formula is C27H31N5O4Si. The van der Waals surface area contributed by atoms with Gasteiger partial charge in [-0.05, 0) is 42.3 Å². The molecule has 0 bridgehead atoms. The Bertz CT molecular complexity index is 1410. The van der Waals surface area contributed by atoms with Crippen LogP contribution in [0.25, 0.3) is 22.3 Å². The van der Waals surface area contributed by atoms with Crippen molar-refractivity contribution >= 4 is 36.4 Å². The molecule has 0 saturated heterocycles. The molecule has 0 unspecified atom stereocenters. The van der Waals surface area contributed by atoms with Gasteiger partial charge >= 0.3 is 0 Å². The number of anilines is 1. The van der Waals surface area contributed by atoms with E-state index in [9.17, 15) is 14.9 Å². The lowest BCUT2D eigenvalue weighted by atomic mass is 10.1. The Morgan fingerprint density at radius 1 is 1.08 bits per heavy atom. The molecule has 1 N–H and O–H groups in total. The van der Waals surface area contributed by atoms with Crippen LogP contribution in [0, 0.1) is 17.0 Å². The van der Waals surface area contributed by atoms with E-state index in [1.165, 1.54) is 12.1 Å². The first-order valence-electron chi connectivity index (χ1n) is 12.1. The average Bonchev–Trinajstić information content (AvgIpc) is 3.22. The van der Waals surface area contributed by atoms with Crippen molar-refractivity contribution in [3.63, 3.8) is 0 Å². The fourth-order valence-corrected chi connectivity index (χ4v) is 4.70. The number of ether oxygens (including phenoxy) is 1. The third-order valence-electron chi connectivity index (χ3n) is 6.08. The smallest absolute Gasteiger partial charge is 0.269 e. The van der Waals surface area contributed by atoms with Gasteiger partial charge in [0.05, 0.1) is 22.7 Å². The molecule has 4 rings (SSSR count). The summed E-state index contributed by atoms with van der Waals surface area (Å²) < 4.78 is 8.13. The first-order chi connectivity index (χ1) is 17.6. The largest absolute Gasteiger partial charge is 0.361 e. The molecule has 2 heterocycles. The number of non-ortho nitro benzene ring substituents is 1. The van der Waals surface area contributed by atoms with Crippen LogP contribution in [0.5, 0.6) is 0 Å². The number of nitrogens with zero attached hydrogens (tertiary/aromatic N) is 4. The number of nitro groups is 1. The molecule has 0 fully saturated rings. The number of fused-ring (bicyclic) bond motifs is 1. The lowest BCUT2D eigenvalue weighted by Gasteiger charge is -2.17. The van der Waals surface area contributed by atoms with Crippen LogP contribution in [0.4, 0.5) is 11.4 Å². The molecule has 2 aromatic carbocycles. The number of hydrogen-bond acceptors (Lipinski definition) is 6. The number of aryl methyl sites for hydroxylation is 1. The minimum absolute atomic E-state index is 0.000196. The predicted octanol–water partition coefficient (Wildman–Crippen LogP) is 5.81. The minimum atomic E-state index is -1.19. The van der Waals surface area contributed by atoms with Crippen molar-refractivity contribution in [2.24, 2.45) is 0 Å². The van der Waals surface area contributed by atoms with Gasteiger partial charge in [-0.15, -0.1) is 0 Å². The van der Waals surface area contributed by atoms with Crippen LogP contribution in [0.2, 0.25) is 25.7 Å². The highest BCUT2D eigenvalue weighted by Gasteiger charge is 2.16. The number of amides is 1. The maximum absolute atomic E-state index is 12.5. The standard InChI is InChI=1S/C27H31N5O4Si/c1-19-24-16-25(31(27(24)29-17-28-19)18-36-13-14-37(2,3)4)21-7-9-22(10-8-21)30-26(33)15-20-5-11-23(12-6-20)32(34)35/h5-12,16-17H,13-15,18H2,1-4H3,(H,30,33). The fourth-order valence-electron chi connectivity index (χ4n) is 3.94. The van der Waals surface area contributed by atoms with Gasteiger partial charge in [0, 0.05) is 37.9 Å². The lowest BCUT2D eigenvalue weighted by Crippen LogP contribution is -2.22. The molecule has 1 amide bonds. The molecule has 0 aliphatic heterocycles. The molecule has 9 nitrogen and oxygen atoms in total. The molecule has 0 radical (unpaired) electrons. The number of carbonyl (C=O) groups excluding carboxylic acids is 1. The summed E-state index contributed by atoms with van der Waals surface area (Å²) in [5.74, 6) is -0.197. The van der Waals surface area contributed by atoms with Gasteiger partial charge in [-0.1, -0.05) is 43.9 Å². The van der Waals surface area contributed by atoms with Crippen LogP contribution < -0.4 is 5.32 Å². The molecule has 4 aromatic rings. The van der Waals surface area contributed by atoms with E-state index >= 15 is 0 Å². The molecule has 0 atom stereocenters. The summed E-state index contributed by atoms with van der Waals surface area (Å²) in [6.45, 7) is 10.1. The van der Waals surface area contributed by atoms with Crippen LogP contribution in [-0.2, 0) is 22.7 Å². The second-order valence-electron chi connectivity index (χ2n) is 10.2. The number of benzene rings is 2. The number of hydrogen-bond donors (Lipinski definition) is 1. The van der Waals surface area contributed by atoms with Crippen molar-refractivity contribution < 1.29 is 14.5 Å². The Morgan fingerprint density at radius 2 is 1.78 bits per heavy atom. The molecule has 10 heteroatoms. The maximum Gasteiger partial charge on any atom is 0.269 e. The SMILES string of the molecule is Cc1ncnc2c1cc(-c1ccc(NC(=O)Cc3ccc([N+](=O)[O-])cc3)cc1)n2COCC[Si](C)(C)C. The van der Waals surface area contributed by atoms with E-state index in [-0.39, 0.29) is 18.0 Å². The zero-order valence-corrected chi connectivity index (χ0v) is 22.5. The summed E-state index contributed by atoms with van der Waals surface area (Å²) in [5.41, 5.74) is 5.04. The quantitative estimate of drug-likeness (QED) is 0.123. The van der Waals surface area contributed by atoms with Gasteiger partial charge in [-0.3, -0.25) is 14.9 Å². The third kappa shape index (κ3) is 6.66. The van der Waals surface area contributed by atoms with Crippen molar-refractivity contribution in [2.45, 2.75) is 45.8 Å². The Balaban J connectivity index is 1.49. The number of rotatable bonds is 10. The maximum atomic E-state index is 12.5. The molecule has 37 heavy (non-hydrogen) atoms. The first kappa shape index (κ1) is 26.2. The van der Waals surface area contributed by atoms with Gasteiger partial charge in [-0.2, -0.15) is 0 Å². The van der Waals surface area contributed by atoms with Crippen molar-refractivity contribution in [3.8, 4) is 11.3 Å². The summed E-state index contributed by atoms with van der Waals surface area (Å²) in [6.07, 6.45) is 1.70. The zero-order chi connectivity index (χ0) is 26.6. The monoisotopic (exact) mass is 517 g/mol. The van der Waals surface area contributed by atoms with E-state index in [4.69, 9.17) is 4.74 Å². The van der Waals surface area contributed by atoms with Crippen molar-refractivity contribution in [1.29, 1.82) is 0 Å². The topological polar surface area (TPSA) is 112 Å². The minimum Gasteiger partial charge on any atom is -0.361 e. The van der Waals surface area contributed by atoms with Crippen molar-refractivity contribution in [2.75, 3.05) is 11.9 Å². The second-order valence-corrected chi connectivity index (χ2v) is 15.8. The van der Waals surface area contributed by atoms with E-state index in [1.54, 1.807) is 18.5 Å². The summed E-state index contributed by atoms with van der Waals surface area (Å²) in [5, 5.41) is 14.7. The van der Waals surface area contributed by atoms with Crippen LogP contribution in [0.15, 0.2) is 60.9 Å². The van der Waals surface area contributed by atoms with Crippen molar-refractivity contribution in [3.05, 3.63) is 82.3 Å². The summed E-state index contributed by atoms with van der Waals surface area (Å²) in [6, 6.07) is 16.8. The molecule has 2 aromatic heterocycles. The summed E-state index contributed by atoms with van der Waals surface area (Å²) >= 11 is 0. The summed E-state index contributed by atoms with van der Waals surface area (Å²) in [7, 11) is -1.19. The highest BCUT2D eigenvalue weighted by atomic mass is 28.3. The van der Waals surface area contributed by atoms with Crippen LogP contribution >= 0.6 is 0 Å². The van der Waals surface area contributed by atoms with Gasteiger partial charge < -0.3 is 14.6 Å². The van der Waals surface area contributed by atoms with E-state index in [0.717, 1.165) is 34.0 Å². The molecule has 0 saturated carbocycles. The Morgan fingerprint density at radius 3 is 2.43 bits per heavy atom. The van der Waals surface area contributed by atoms with Gasteiger partial charge in [0.2, 0.25) is 5.91 Å². The Labute approximate surface area is 216 Å².